The lowest BCUT2D eigenvalue weighted by molar-refractivity contribution is 0.102. The zero-order chi connectivity index (χ0) is 26.3. The van der Waals surface area contributed by atoms with Gasteiger partial charge in [0.2, 0.25) is 5.88 Å². The normalized spacial score (nSPS) is 13.6. The molecule has 38 heavy (non-hydrogen) atoms. The van der Waals surface area contributed by atoms with Crippen molar-refractivity contribution in [3.8, 4) is 29.2 Å². The topological polar surface area (TPSA) is 120 Å². The molecule has 4 heterocycles. The van der Waals surface area contributed by atoms with Crippen molar-refractivity contribution in [1.29, 1.82) is 0 Å². The molecule has 0 radical (unpaired) electrons. The number of carbonyl (C=O) groups is 1. The molecule has 4 aromatic rings. The minimum absolute atomic E-state index is 0.176. The number of nitrogens with zero attached hydrogens (tertiary/aromatic N) is 7. The van der Waals surface area contributed by atoms with Crippen LogP contribution in [0, 0.1) is 0 Å². The fourth-order valence-electron chi connectivity index (χ4n) is 4.17. The van der Waals surface area contributed by atoms with Gasteiger partial charge in [0, 0.05) is 30.4 Å². The highest BCUT2D eigenvalue weighted by Gasteiger charge is 2.14. The van der Waals surface area contributed by atoms with E-state index in [-0.39, 0.29) is 18.0 Å². The Balaban J connectivity index is 1.22. The maximum atomic E-state index is 13.0. The minimum atomic E-state index is -0.320. The molecule has 0 unspecified atom stereocenters. The van der Waals surface area contributed by atoms with E-state index >= 15 is 0 Å². The third-order valence-electron chi connectivity index (χ3n) is 6.11. The second-order valence-corrected chi connectivity index (χ2v) is 9.22. The molecule has 1 aliphatic heterocycles. The Morgan fingerprint density at radius 3 is 2.76 bits per heavy atom. The van der Waals surface area contributed by atoms with Crippen molar-refractivity contribution < 1.29 is 14.3 Å². The molecule has 3 aromatic heterocycles. The Hall–Kier alpha value is -4.38. The number of anilines is 1. The molecule has 1 aromatic carbocycles. The molecule has 1 N–H and O–H groups in total. The van der Waals surface area contributed by atoms with Gasteiger partial charge >= 0.3 is 6.01 Å². The average Bonchev–Trinajstić information content (AvgIpc) is 3.62. The van der Waals surface area contributed by atoms with Gasteiger partial charge in [-0.25, -0.2) is 9.97 Å². The lowest BCUT2D eigenvalue weighted by Crippen LogP contribution is -2.25. The average molecular weight is 515 g/mol. The predicted octanol–water partition coefficient (Wildman–Crippen LogP) is 4.23. The number of ether oxygens (including phenoxy) is 2. The number of likely N-dealkylation sites (tertiary alicyclic amines) is 1. The van der Waals surface area contributed by atoms with Gasteiger partial charge in [-0.15, -0.1) is 10.2 Å². The van der Waals surface area contributed by atoms with Crippen molar-refractivity contribution >= 4 is 11.7 Å². The maximum absolute atomic E-state index is 13.0. The largest absolute Gasteiger partial charge is 0.462 e. The first-order valence-electron chi connectivity index (χ1n) is 12.7. The number of hydrogen-bond donors (Lipinski definition) is 1. The van der Waals surface area contributed by atoms with Crippen molar-refractivity contribution in [2.75, 3.05) is 31.6 Å². The number of nitrogens with one attached hydrogen (secondary N) is 1. The van der Waals surface area contributed by atoms with E-state index in [1.807, 2.05) is 30.5 Å². The zero-order valence-corrected chi connectivity index (χ0v) is 21.4. The van der Waals surface area contributed by atoms with Gasteiger partial charge in [0.15, 0.2) is 5.82 Å². The maximum Gasteiger partial charge on any atom is 0.319 e. The van der Waals surface area contributed by atoms with E-state index in [9.17, 15) is 4.79 Å². The van der Waals surface area contributed by atoms with Crippen LogP contribution < -0.4 is 14.8 Å². The van der Waals surface area contributed by atoms with Crippen molar-refractivity contribution in [2.24, 2.45) is 0 Å². The van der Waals surface area contributed by atoms with Gasteiger partial charge in [-0.1, -0.05) is 12.1 Å². The number of rotatable bonds is 10. The first-order valence-corrected chi connectivity index (χ1v) is 12.7. The second-order valence-electron chi connectivity index (χ2n) is 9.22. The van der Waals surface area contributed by atoms with Crippen LogP contribution in [0.4, 0.5) is 5.82 Å². The van der Waals surface area contributed by atoms with Crippen molar-refractivity contribution in [3.63, 3.8) is 0 Å². The standard InChI is InChI=1S/C27H30N8O3/c1-19(2)35-18-29-33-25(35)22-9-6-10-23(30-22)31-26(36)20-7-5-8-21(17-20)38-24-11-12-28-27(32-24)37-16-15-34-13-3-4-14-34/h5-12,17-19H,3-4,13-16H2,1-2H3,(H,30,31,36). The number of amides is 1. The molecule has 1 saturated heterocycles. The molecule has 0 spiro atoms. The van der Waals surface area contributed by atoms with Crippen LogP contribution in [-0.4, -0.2) is 66.8 Å². The van der Waals surface area contributed by atoms with E-state index in [0.717, 1.165) is 19.6 Å². The van der Waals surface area contributed by atoms with Crippen LogP contribution in [0.2, 0.25) is 0 Å². The monoisotopic (exact) mass is 514 g/mol. The highest BCUT2D eigenvalue weighted by atomic mass is 16.5. The van der Waals surface area contributed by atoms with Crippen molar-refractivity contribution in [1.82, 2.24) is 34.6 Å². The van der Waals surface area contributed by atoms with Gasteiger partial charge in [-0.3, -0.25) is 9.69 Å². The van der Waals surface area contributed by atoms with E-state index in [0.29, 0.717) is 41.1 Å². The van der Waals surface area contributed by atoms with Crippen LogP contribution in [-0.2, 0) is 0 Å². The Labute approximate surface area is 220 Å². The highest BCUT2D eigenvalue weighted by Crippen LogP contribution is 2.23. The van der Waals surface area contributed by atoms with Gasteiger partial charge in [-0.2, -0.15) is 4.98 Å². The molecule has 1 fully saturated rings. The van der Waals surface area contributed by atoms with Crippen LogP contribution in [0.25, 0.3) is 11.5 Å². The summed E-state index contributed by atoms with van der Waals surface area (Å²) in [6, 6.07) is 14.3. The molecule has 0 bridgehead atoms. The SMILES string of the molecule is CC(C)n1cnnc1-c1cccc(NC(=O)c2cccc(Oc3ccnc(OCCN4CCCC4)n3)c2)n1. The summed E-state index contributed by atoms with van der Waals surface area (Å²) in [6.45, 7) is 7.67. The zero-order valence-electron chi connectivity index (χ0n) is 21.4. The van der Waals surface area contributed by atoms with E-state index in [4.69, 9.17) is 9.47 Å². The molecule has 0 aliphatic carbocycles. The summed E-state index contributed by atoms with van der Waals surface area (Å²) in [4.78, 5) is 28.4. The molecule has 0 atom stereocenters. The van der Waals surface area contributed by atoms with Gasteiger partial charge in [0.1, 0.15) is 30.2 Å². The van der Waals surface area contributed by atoms with E-state index in [1.165, 1.54) is 12.8 Å². The molecule has 5 rings (SSSR count). The van der Waals surface area contributed by atoms with Gasteiger partial charge in [0.25, 0.3) is 5.91 Å². The fourth-order valence-corrected chi connectivity index (χ4v) is 4.17. The smallest absolute Gasteiger partial charge is 0.319 e. The Morgan fingerprint density at radius 1 is 1.08 bits per heavy atom. The Bertz CT molecular complexity index is 1380. The van der Waals surface area contributed by atoms with Crippen LogP contribution >= 0.6 is 0 Å². The third-order valence-corrected chi connectivity index (χ3v) is 6.11. The van der Waals surface area contributed by atoms with Gasteiger partial charge in [0.05, 0.1) is 0 Å². The predicted molar refractivity (Wildman–Crippen MR) is 141 cm³/mol. The van der Waals surface area contributed by atoms with Crippen molar-refractivity contribution in [2.45, 2.75) is 32.7 Å². The quantitative estimate of drug-likeness (QED) is 0.331. The van der Waals surface area contributed by atoms with Crippen molar-refractivity contribution in [3.05, 3.63) is 66.6 Å². The van der Waals surface area contributed by atoms with E-state index < -0.39 is 0 Å². The van der Waals surface area contributed by atoms with Gasteiger partial charge < -0.3 is 19.4 Å². The lowest BCUT2D eigenvalue weighted by atomic mass is 10.2. The van der Waals surface area contributed by atoms with E-state index in [2.05, 4.69) is 35.4 Å². The Kier molecular flexibility index (Phi) is 7.84. The number of pyridine rings is 1. The summed E-state index contributed by atoms with van der Waals surface area (Å²) in [5.74, 6) is 1.52. The molecule has 11 heteroatoms. The second kappa shape index (κ2) is 11.8. The molecule has 11 nitrogen and oxygen atoms in total. The van der Waals surface area contributed by atoms with Crippen LogP contribution in [0.15, 0.2) is 61.1 Å². The number of benzene rings is 1. The van der Waals surface area contributed by atoms with Crippen LogP contribution in [0.3, 0.4) is 0 Å². The lowest BCUT2D eigenvalue weighted by Gasteiger charge is -2.14. The molecular formula is C27H30N8O3. The highest BCUT2D eigenvalue weighted by molar-refractivity contribution is 6.04. The number of hydrogen-bond acceptors (Lipinski definition) is 9. The molecule has 1 aliphatic rings. The molecule has 196 valence electrons. The fraction of sp³-hybridized carbons (Fsp3) is 0.333. The summed E-state index contributed by atoms with van der Waals surface area (Å²) >= 11 is 0. The summed E-state index contributed by atoms with van der Waals surface area (Å²) in [6.07, 6.45) is 5.73. The summed E-state index contributed by atoms with van der Waals surface area (Å²) in [5.41, 5.74) is 1.03. The summed E-state index contributed by atoms with van der Waals surface area (Å²) in [5, 5.41) is 11.0. The third kappa shape index (κ3) is 6.30. The Morgan fingerprint density at radius 2 is 1.92 bits per heavy atom. The minimum Gasteiger partial charge on any atom is -0.462 e. The van der Waals surface area contributed by atoms with E-state index in [1.54, 1.807) is 48.9 Å². The number of aromatic nitrogens is 6. The van der Waals surface area contributed by atoms with Gasteiger partial charge in [-0.05, 0) is 70.1 Å². The molecule has 0 saturated carbocycles. The number of carbonyl (C=O) groups excluding carboxylic acids is 1. The molecular weight excluding hydrogens is 484 g/mol. The first-order chi connectivity index (χ1) is 18.5. The molecule has 1 amide bonds. The summed E-state index contributed by atoms with van der Waals surface area (Å²) in [7, 11) is 0. The van der Waals surface area contributed by atoms with Crippen LogP contribution in [0.1, 0.15) is 43.1 Å². The van der Waals surface area contributed by atoms with Crippen LogP contribution in [0.5, 0.6) is 17.6 Å². The first kappa shape index (κ1) is 25.3. The summed E-state index contributed by atoms with van der Waals surface area (Å²) < 4.78 is 13.5.